The van der Waals surface area contributed by atoms with Gasteiger partial charge in [0.15, 0.2) is 0 Å². The van der Waals surface area contributed by atoms with Crippen LogP contribution in [0.1, 0.15) is 59.8 Å². The fraction of sp³-hybridized carbons (Fsp3) is 0.381. The summed E-state index contributed by atoms with van der Waals surface area (Å²) in [7, 11) is 0. The van der Waals surface area contributed by atoms with Crippen LogP contribution in [0.25, 0.3) is 0 Å². The molecule has 0 bridgehead atoms. The van der Waals surface area contributed by atoms with Gasteiger partial charge in [0.05, 0.1) is 17.7 Å². The zero-order chi connectivity index (χ0) is 17.8. The lowest BCUT2D eigenvalue weighted by atomic mass is 9.89. The predicted molar refractivity (Wildman–Crippen MR) is 102 cm³/mol. The van der Waals surface area contributed by atoms with Gasteiger partial charge < -0.3 is 10.1 Å². The van der Waals surface area contributed by atoms with E-state index in [0.29, 0.717) is 22.9 Å². The highest BCUT2D eigenvalue weighted by Crippen LogP contribution is 2.27. The molecule has 3 rings (SSSR count). The van der Waals surface area contributed by atoms with Gasteiger partial charge in [-0.05, 0) is 74.4 Å². The molecule has 2 aromatic carbocycles. The first-order valence-electron chi connectivity index (χ1n) is 8.93. The van der Waals surface area contributed by atoms with Crippen molar-refractivity contribution < 1.29 is 9.53 Å². The summed E-state index contributed by atoms with van der Waals surface area (Å²) in [6.45, 7) is 4.45. The molecule has 4 heteroatoms. The van der Waals surface area contributed by atoms with Gasteiger partial charge in [-0.1, -0.05) is 29.8 Å². The molecule has 0 unspecified atom stereocenters. The number of aryl methyl sites for hydroxylation is 2. The van der Waals surface area contributed by atoms with Gasteiger partial charge in [-0.2, -0.15) is 0 Å². The third kappa shape index (κ3) is 4.16. The number of carbonyl (C=O) groups excluding carboxylic acids is 1. The molecule has 0 heterocycles. The molecular weight excluding hydrogens is 334 g/mol. The first kappa shape index (κ1) is 17.8. The van der Waals surface area contributed by atoms with Crippen LogP contribution in [0, 0.1) is 0 Å². The quantitative estimate of drug-likeness (QED) is 0.807. The Balaban J connectivity index is 1.71. The second kappa shape index (κ2) is 7.92. The molecule has 0 saturated carbocycles. The Morgan fingerprint density at radius 3 is 2.64 bits per heavy atom. The molecular formula is C21H24ClNO2. The molecule has 2 aromatic rings. The van der Waals surface area contributed by atoms with E-state index < -0.39 is 0 Å². The summed E-state index contributed by atoms with van der Waals surface area (Å²) in [6.07, 6.45) is 4.83. The van der Waals surface area contributed by atoms with Gasteiger partial charge in [0.25, 0.3) is 5.91 Å². The largest absolute Gasteiger partial charge is 0.492 e. The van der Waals surface area contributed by atoms with Crippen molar-refractivity contribution in [1.82, 2.24) is 5.32 Å². The van der Waals surface area contributed by atoms with Crippen LogP contribution in [0.3, 0.4) is 0 Å². The summed E-state index contributed by atoms with van der Waals surface area (Å²) in [5.41, 5.74) is 4.56. The maximum Gasteiger partial charge on any atom is 0.251 e. The lowest BCUT2D eigenvalue weighted by Crippen LogP contribution is -2.26. The second-order valence-electron chi connectivity index (χ2n) is 6.51. The van der Waals surface area contributed by atoms with Crippen LogP contribution in [0.15, 0.2) is 36.4 Å². The minimum atomic E-state index is -0.129. The third-order valence-corrected chi connectivity index (χ3v) is 5.01. The normalized spacial score (nSPS) is 14.5. The van der Waals surface area contributed by atoms with Gasteiger partial charge in [0, 0.05) is 5.56 Å². The number of hydrogen-bond acceptors (Lipinski definition) is 2. The molecule has 0 spiro atoms. The molecule has 1 amide bonds. The van der Waals surface area contributed by atoms with Crippen molar-refractivity contribution in [3.05, 3.63) is 63.7 Å². The highest BCUT2D eigenvalue weighted by molar-refractivity contribution is 6.32. The van der Waals surface area contributed by atoms with Crippen molar-refractivity contribution >= 4 is 17.5 Å². The van der Waals surface area contributed by atoms with Crippen LogP contribution < -0.4 is 10.1 Å². The Bertz CT molecular complexity index is 772. The number of fused-ring (bicyclic) bond motifs is 1. The Labute approximate surface area is 154 Å². The minimum Gasteiger partial charge on any atom is -0.492 e. The van der Waals surface area contributed by atoms with Crippen molar-refractivity contribution in [2.24, 2.45) is 0 Å². The zero-order valence-electron chi connectivity index (χ0n) is 14.8. The predicted octanol–water partition coefficient (Wildman–Crippen LogP) is 5.11. The van der Waals surface area contributed by atoms with Gasteiger partial charge in [-0.25, -0.2) is 0 Å². The number of amides is 1. The van der Waals surface area contributed by atoms with E-state index in [4.69, 9.17) is 16.3 Å². The Hall–Kier alpha value is -2.00. The number of rotatable bonds is 5. The zero-order valence-corrected chi connectivity index (χ0v) is 15.5. The molecule has 1 aliphatic carbocycles. The smallest absolute Gasteiger partial charge is 0.251 e. The monoisotopic (exact) mass is 357 g/mol. The van der Waals surface area contributed by atoms with E-state index in [1.54, 1.807) is 18.2 Å². The number of hydrogen-bond donors (Lipinski definition) is 1. The minimum absolute atomic E-state index is 0.0509. The maximum atomic E-state index is 12.5. The molecule has 0 saturated heterocycles. The van der Waals surface area contributed by atoms with Gasteiger partial charge in [-0.3, -0.25) is 4.79 Å². The standard InChI is InChI=1S/C21H24ClNO2/c1-3-25-20-11-10-18(13-19(20)22)21(24)23-14(2)16-9-8-15-6-4-5-7-17(15)12-16/h8-14H,3-7H2,1-2H3,(H,23,24)/t14-/m0/s1. The van der Waals surface area contributed by atoms with Crippen LogP contribution in [0.2, 0.25) is 5.02 Å². The average Bonchev–Trinajstić information content (AvgIpc) is 2.63. The Morgan fingerprint density at radius 2 is 1.92 bits per heavy atom. The summed E-state index contributed by atoms with van der Waals surface area (Å²) in [5, 5.41) is 3.51. The molecule has 1 N–H and O–H groups in total. The van der Waals surface area contributed by atoms with Crippen LogP contribution in [-0.4, -0.2) is 12.5 Å². The summed E-state index contributed by atoms with van der Waals surface area (Å²) in [6, 6.07) is 11.7. The number of nitrogens with one attached hydrogen (secondary N) is 1. The summed E-state index contributed by atoms with van der Waals surface area (Å²) in [4.78, 5) is 12.5. The van der Waals surface area contributed by atoms with Gasteiger partial charge >= 0.3 is 0 Å². The van der Waals surface area contributed by atoms with Gasteiger partial charge in [-0.15, -0.1) is 0 Å². The van der Waals surface area contributed by atoms with Crippen LogP contribution >= 0.6 is 11.6 Å². The highest BCUT2D eigenvalue weighted by Gasteiger charge is 2.16. The fourth-order valence-corrected chi connectivity index (χ4v) is 3.54. The second-order valence-corrected chi connectivity index (χ2v) is 6.92. The fourth-order valence-electron chi connectivity index (χ4n) is 3.30. The molecule has 0 aliphatic heterocycles. The topological polar surface area (TPSA) is 38.3 Å². The number of benzene rings is 2. The molecule has 3 nitrogen and oxygen atoms in total. The maximum absolute atomic E-state index is 12.5. The van der Waals surface area contributed by atoms with E-state index >= 15 is 0 Å². The number of ether oxygens (including phenoxy) is 1. The SMILES string of the molecule is CCOc1ccc(C(=O)N[C@@H](C)c2ccc3c(c2)CCCC3)cc1Cl. The van der Waals surface area contributed by atoms with Crippen molar-refractivity contribution in [1.29, 1.82) is 0 Å². The van der Waals surface area contributed by atoms with E-state index in [-0.39, 0.29) is 11.9 Å². The summed E-state index contributed by atoms with van der Waals surface area (Å²) < 4.78 is 5.41. The first-order valence-corrected chi connectivity index (χ1v) is 9.31. The van der Waals surface area contributed by atoms with E-state index in [1.165, 1.54) is 30.4 Å². The van der Waals surface area contributed by atoms with Crippen LogP contribution in [0.4, 0.5) is 0 Å². The Morgan fingerprint density at radius 1 is 1.16 bits per heavy atom. The first-order chi connectivity index (χ1) is 12.1. The molecule has 0 aromatic heterocycles. The highest BCUT2D eigenvalue weighted by atomic mass is 35.5. The van der Waals surface area contributed by atoms with E-state index in [0.717, 1.165) is 12.0 Å². The van der Waals surface area contributed by atoms with E-state index in [9.17, 15) is 4.79 Å². The molecule has 1 atom stereocenters. The van der Waals surface area contributed by atoms with Gasteiger partial charge in [0.2, 0.25) is 0 Å². The van der Waals surface area contributed by atoms with Crippen LogP contribution in [-0.2, 0) is 12.8 Å². The average molecular weight is 358 g/mol. The molecule has 25 heavy (non-hydrogen) atoms. The Kier molecular flexibility index (Phi) is 5.64. The third-order valence-electron chi connectivity index (χ3n) is 4.71. The lowest BCUT2D eigenvalue weighted by Gasteiger charge is -2.20. The lowest BCUT2D eigenvalue weighted by molar-refractivity contribution is 0.0940. The van der Waals surface area contributed by atoms with Crippen LogP contribution in [0.5, 0.6) is 5.75 Å². The van der Waals surface area contributed by atoms with Crippen molar-refractivity contribution in [2.75, 3.05) is 6.61 Å². The molecule has 0 fully saturated rings. The van der Waals surface area contributed by atoms with Crippen molar-refractivity contribution in [2.45, 2.75) is 45.6 Å². The number of halogens is 1. The van der Waals surface area contributed by atoms with E-state index in [2.05, 4.69) is 23.5 Å². The summed E-state index contributed by atoms with van der Waals surface area (Å²) >= 11 is 6.18. The molecule has 0 radical (unpaired) electrons. The molecule has 132 valence electrons. The van der Waals surface area contributed by atoms with Gasteiger partial charge in [0.1, 0.15) is 5.75 Å². The summed E-state index contributed by atoms with van der Waals surface area (Å²) in [5.74, 6) is 0.471. The molecule has 1 aliphatic rings. The van der Waals surface area contributed by atoms with Crippen molar-refractivity contribution in [3.63, 3.8) is 0 Å². The van der Waals surface area contributed by atoms with Crippen molar-refractivity contribution in [3.8, 4) is 5.75 Å². The van der Waals surface area contributed by atoms with E-state index in [1.807, 2.05) is 13.8 Å². The number of carbonyl (C=O) groups is 1.